The number of rotatable bonds is 6. The number of hydrogen-bond acceptors (Lipinski definition) is 6. The molecular formula is C12H16N4O2. The number of nitrogens with one attached hydrogen (secondary N) is 2. The number of fused-ring (bicyclic) bond motifs is 1. The zero-order chi connectivity index (χ0) is 12.8. The first-order chi connectivity index (χ1) is 8.85. The van der Waals surface area contributed by atoms with Gasteiger partial charge in [0.2, 0.25) is 5.95 Å². The third-order valence-corrected chi connectivity index (χ3v) is 2.40. The van der Waals surface area contributed by atoms with Crippen molar-refractivity contribution in [3.8, 4) is 0 Å². The van der Waals surface area contributed by atoms with Gasteiger partial charge < -0.3 is 20.8 Å². The van der Waals surface area contributed by atoms with Crippen molar-refractivity contribution in [3.05, 3.63) is 24.3 Å². The number of nitrogens with zero attached hydrogens (tertiary/aromatic N) is 2. The largest absolute Gasteiger partial charge is 0.395 e. The van der Waals surface area contributed by atoms with E-state index in [0.717, 1.165) is 10.9 Å². The summed E-state index contributed by atoms with van der Waals surface area (Å²) in [5, 5.41) is 24.5. The first-order valence-corrected chi connectivity index (χ1v) is 5.81. The molecule has 1 aromatic carbocycles. The van der Waals surface area contributed by atoms with Crippen LogP contribution in [0.15, 0.2) is 24.3 Å². The Labute approximate surface area is 105 Å². The molecule has 0 spiro atoms. The number of benzene rings is 1. The topological polar surface area (TPSA) is 90.3 Å². The number of anilines is 2. The average molecular weight is 248 g/mol. The maximum Gasteiger partial charge on any atom is 0.225 e. The summed E-state index contributed by atoms with van der Waals surface area (Å²) >= 11 is 0. The third-order valence-electron chi connectivity index (χ3n) is 2.40. The molecule has 0 saturated carbocycles. The van der Waals surface area contributed by atoms with Crippen molar-refractivity contribution in [3.63, 3.8) is 0 Å². The summed E-state index contributed by atoms with van der Waals surface area (Å²) in [6, 6.07) is 7.63. The zero-order valence-electron chi connectivity index (χ0n) is 9.93. The Morgan fingerprint density at radius 1 is 0.944 bits per heavy atom. The first-order valence-electron chi connectivity index (χ1n) is 5.81. The SMILES string of the molecule is OCCNc1nc(NCCO)c2ccccc2n1. The summed E-state index contributed by atoms with van der Waals surface area (Å²) < 4.78 is 0. The fourth-order valence-electron chi connectivity index (χ4n) is 1.63. The normalized spacial score (nSPS) is 10.6. The Bertz CT molecular complexity index is 518. The molecule has 0 aliphatic rings. The molecule has 0 aliphatic carbocycles. The van der Waals surface area contributed by atoms with E-state index in [2.05, 4.69) is 20.6 Å². The Balaban J connectivity index is 2.36. The van der Waals surface area contributed by atoms with Crippen molar-refractivity contribution in [2.24, 2.45) is 0 Å². The van der Waals surface area contributed by atoms with Crippen molar-refractivity contribution >= 4 is 22.7 Å². The van der Waals surface area contributed by atoms with Gasteiger partial charge >= 0.3 is 0 Å². The van der Waals surface area contributed by atoms with Crippen molar-refractivity contribution in [2.75, 3.05) is 36.9 Å². The van der Waals surface area contributed by atoms with Crippen LogP contribution in [0.1, 0.15) is 0 Å². The number of aromatic nitrogens is 2. The molecule has 0 radical (unpaired) electrons. The van der Waals surface area contributed by atoms with Crippen LogP contribution in [0.25, 0.3) is 10.9 Å². The quantitative estimate of drug-likeness (QED) is 0.593. The minimum atomic E-state index is 0.0234. The molecule has 0 saturated heterocycles. The minimum absolute atomic E-state index is 0.0234. The van der Waals surface area contributed by atoms with E-state index in [0.29, 0.717) is 24.9 Å². The summed E-state index contributed by atoms with van der Waals surface area (Å²) in [4.78, 5) is 8.67. The molecule has 0 fully saturated rings. The van der Waals surface area contributed by atoms with Gasteiger partial charge in [0.15, 0.2) is 0 Å². The zero-order valence-corrected chi connectivity index (χ0v) is 9.93. The van der Waals surface area contributed by atoms with E-state index in [4.69, 9.17) is 10.2 Å². The number of aliphatic hydroxyl groups excluding tert-OH is 2. The van der Waals surface area contributed by atoms with Crippen LogP contribution in [0.5, 0.6) is 0 Å². The third kappa shape index (κ3) is 2.85. The van der Waals surface area contributed by atoms with E-state index in [9.17, 15) is 0 Å². The molecule has 18 heavy (non-hydrogen) atoms. The van der Waals surface area contributed by atoms with E-state index in [-0.39, 0.29) is 13.2 Å². The first kappa shape index (κ1) is 12.5. The predicted octanol–water partition coefficient (Wildman–Crippen LogP) is 0.438. The summed E-state index contributed by atoms with van der Waals surface area (Å²) in [5.41, 5.74) is 0.813. The Morgan fingerprint density at radius 3 is 2.44 bits per heavy atom. The van der Waals surface area contributed by atoms with Gasteiger partial charge in [0.25, 0.3) is 0 Å². The molecule has 0 aliphatic heterocycles. The van der Waals surface area contributed by atoms with Gasteiger partial charge in [0.05, 0.1) is 18.7 Å². The molecule has 96 valence electrons. The Hall–Kier alpha value is -1.92. The maximum atomic E-state index is 8.86. The van der Waals surface area contributed by atoms with Gasteiger partial charge in [-0.25, -0.2) is 4.98 Å². The van der Waals surface area contributed by atoms with Gasteiger partial charge in [-0.2, -0.15) is 4.98 Å². The Morgan fingerprint density at radius 2 is 1.67 bits per heavy atom. The average Bonchev–Trinajstić information content (AvgIpc) is 2.42. The van der Waals surface area contributed by atoms with Gasteiger partial charge in [0.1, 0.15) is 5.82 Å². The maximum absolute atomic E-state index is 8.86. The van der Waals surface area contributed by atoms with Gasteiger partial charge in [-0.05, 0) is 12.1 Å². The number of aliphatic hydroxyl groups is 2. The molecular weight excluding hydrogens is 232 g/mol. The number of para-hydroxylation sites is 1. The smallest absolute Gasteiger partial charge is 0.225 e. The molecule has 0 bridgehead atoms. The van der Waals surface area contributed by atoms with Crippen LogP contribution in [0.2, 0.25) is 0 Å². The molecule has 0 amide bonds. The summed E-state index contributed by atoms with van der Waals surface area (Å²) in [7, 11) is 0. The summed E-state index contributed by atoms with van der Waals surface area (Å²) in [5.74, 6) is 1.14. The van der Waals surface area contributed by atoms with Crippen LogP contribution < -0.4 is 10.6 Å². The molecule has 0 unspecified atom stereocenters. The highest BCUT2D eigenvalue weighted by molar-refractivity contribution is 5.89. The second-order valence-corrected chi connectivity index (χ2v) is 3.71. The molecule has 0 atom stereocenters. The van der Waals surface area contributed by atoms with Crippen molar-refractivity contribution in [2.45, 2.75) is 0 Å². The second-order valence-electron chi connectivity index (χ2n) is 3.71. The molecule has 1 aromatic heterocycles. The van der Waals surface area contributed by atoms with Crippen LogP contribution in [0.4, 0.5) is 11.8 Å². The van der Waals surface area contributed by atoms with Crippen molar-refractivity contribution in [1.82, 2.24) is 9.97 Å². The monoisotopic (exact) mass is 248 g/mol. The van der Waals surface area contributed by atoms with Crippen LogP contribution in [-0.2, 0) is 0 Å². The fourth-order valence-corrected chi connectivity index (χ4v) is 1.63. The molecule has 6 nitrogen and oxygen atoms in total. The minimum Gasteiger partial charge on any atom is -0.395 e. The van der Waals surface area contributed by atoms with E-state index in [1.165, 1.54) is 0 Å². The van der Waals surface area contributed by atoms with Gasteiger partial charge in [-0.15, -0.1) is 0 Å². The molecule has 2 aromatic rings. The fraction of sp³-hybridized carbons (Fsp3) is 0.333. The predicted molar refractivity (Wildman–Crippen MR) is 70.7 cm³/mol. The lowest BCUT2D eigenvalue weighted by Gasteiger charge is -2.10. The lowest BCUT2D eigenvalue weighted by Crippen LogP contribution is -2.12. The van der Waals surface area contributed by atoms with Crippen LogP contribution >= 0.6 is 0 Å². The van der Waals surface area contributed by atoms with E-state index in [1.54, 1.807) is 0 Å². The van der Waals surface area contributed by atoms with Crippen LogP contribution in [0, 0.1) is 0 Å². The van der Waals surface area contributed by atoms with E-state index >= 15 is 0 Å². The highest BCUT2D eigenvalue weighted by atomic mass is 16.3. The van der Waals surface area contributed by atoms with E-state index < -0.39 is 0 Å². The van der Waals surface area contributed by atoms with Gasteiger partial charge in [-0.1, -0.05) is 12.1 Å². The molecule has 6 heteroatoms. The van der Waals surface area contributed by atoms with Gasteiger partial charge in [0, 0.05) is 18.5 Å². The molecule has 4 N–H and O–H groups in total. The van der Waals surface area contributed by atoms with Crippen molar-refractivity contribution < 1.29 is 10.2 Å². The highest BCUT2D eigenvalue weighted by Gasteiger charge is 2.06. The van der Waals surface area contributed by atoms with Crippen molar-refractivity contribution in [1.29, 1.82) is 0 Å². The van der Waals surface area contributed by atoms with Crippen LogP contribution in [0.3, 0.4) is 0 Å². The summed E-state index contributed by atoms with van der Waals surface area (Å²) in [6.45, 7) is 0.894. The summed E-state index contributed by atoms with van der Waals surface area (Å²) in [6.07, 6.45) is 0. The second kappa shape index (κ2) is 6.13. The molecule has 1 heterocycles. The van der Waals surface area contributed by atoms with Gasteiger partial charge in [-0.3, -0.25) is 0 Å². The standard InChI is InChI=1S/C12H16N4O2/c17-7-5-13-11-9-3-1-2-4-10(9)15-12(16-11)14-6-8-18/h1-4,17-18H,5-8H2,(H2,13,14,15,16). The number of hydrogen-bond donors (Lipinski definition) is 4. The Kier molecular flexibility index (Phi) is 4.27. The van der Waals surface area contributed by atoms with Crippen LogP contribution in [-0.4, -0.2) is 46.5 Å². The lowest BCUT2D eigenvalue weighted by atomic mass is 10.2. The highest BCUT2D eigenvalue weighted by Crippen LogP contribution is 2.21. The van der Waals surface area contributed by atoms with E-state index in [1.807, 2.05) is 24.3 Å². The molecule has 2 rings (SSSR count). The lowest BCUT2D eigenvalue weighted by molar-refractivity contribution is 0.311.